The quantitative estimate of drug-likeness (QED) is 0.671. The van der Waals surface area contributed by atoms with Gasteiger partial charge in [0.1, 0.15) is 6.61 Å². The zero-order valence-corrected chi connectivity index (χ0v) is 8.94. The zero-order valence-electron chi connectivity index (χ0n) is 8.94. The molecule has 1 saturated carbocycles. The van der Waals surface area contributed by atoms with Crippen molar-refractivity contribution >= 4 is 0 Å². The number of hydrogen-bond acceptors (Lipinski definition) is 2. The SMILES string of the molecule is CCC1CC1NCCCOCC(F)(F)F. The van der Waals surface area contributed by atoms with Gasteiger partial charge in [-0.05, 0) is 25.3 Å². The first-order chi connectivity index (χ1) is 7.03. The molecule has 2 atom stereocenters. The summed E-state index contributed by atoms with van der Waals surface area (Å²) in [6.45, 7) is 1.95. The summed E-state index contributed by atoms with van der Waals surface area (Å²) in [7, 11) is 0. The highest BCUT2D eigenvalue weighted by atomic mass is 19.4. The summed E-state index contributed by atoms with van der Waals surface area (Å²) >= 11 is 0. The van der Waals surface area contributed by atoms with Crippen molar-refractivity contribution < 1.29 is 17.9 Å². The standard InChI is InChI=1S/C10H18F3NO/c1-2-8-6-9(8)14-4-3-5-15-7-10(11,12)13/h8-9,14H,2-7H2,1H3. The Morgan fingerprint density at radius 2 is 2.13 bits per heavy atom. The Hall–Kier alpha value is -0.290. The van der Waals surface area contributed by atoms with Crippen molar-refractivity contribution in [3.8, 4) is 0 Å². The predicted octanol–water partition coefficient (Wildman–Crippen LogP) is 2.34. The van der Waals surface area contributed by atoms with Gasteiger partial charge in [-0.2, -0.15) is 13.2 Å². The molecule has 1 fully saturated rings. The summed E-state index contributed by atoms with van der Waals surface area (Å²) in [5, 5.41) is 3.29. The molecule has 1 aliphatic carbocycles. The molecule has 1 rings (SSSR count). The molecule has 0 heterocycles. The van der Waals surface area contributed by atoms with Gasteiger partial charge < -0.3 is 10.1 Å². The Morgan fingerprint density at radius 3 is 2.67 bits per heavy atom. The van der Waals surface area contributed by atoms with E-state index in [-0.39, 0.29) is 6.61 Å². The maximum absolute atomic E-state index is 11.7. The summed E-state index contributed by atoms with van der Waals surface area (Å²) in [6.07, 6.45) is -1.16. The molecule has 0 spiro atoms. The van der Waals surface area contributed by atoms with Crippen molar-refractivity contribution in [2.45, 2.75) is 38.4 Å². The van der Waals surface area contributed by atoms with Gasteiger partial charge in [0, 0.05) is 12.6 Å². The number of ether oxygens (including phenoxy) is 1. The molecule has 0 aliphatic heterocycles. The van der Waals surface area contributed by atoms with Crippen LogP contribution in [0.4, 0.5) is 13.2 Å². The summed E-state index contributed by atoms with van der Waals surface area (Å²) < 4.78 is 39.5. The van der Waals surface area contributed by atoms with Gasteiger partial charge >= 0.3 is 6.18 Å². The van der Waals surface area contributed by atoms with Crippen molar-refractivity contribution in [1.29, 1.82) is 0 Å². The van der Waals surface area contributed by atoms with E-state index in [0.717, 1.165) is 12.5 Å². The Balaban J connectivity index is 1.82. The lowest BCUT2D eigenvalue weighted by atomic mass is 10.3. The number of hydrogen-bond donors (Lipinski definition) is 1. The smallest absolute Gasteiger partial charge is 0.372 e. The molecule has 2 nitrogen and oxygen atoms in total. The molecule has 1 N–H and O–H groups in total. The average molecular weight is 225 g/mol. The lowest BCUT2D eigenvalue weighted by Gasteiger charge is -2.07. The summed E-state index contributed by atoms with van der Waals surface area (Å²) in [5.41, 5.74) is 0. The highest BCUT2D eigenvalue weighted by Crippen LogP contribution is 2.32. The third-order valence-corrected chi connectivity index (χ3v) is 2.58. The number of halogens is 3. The first kappa shape index (κ1) is 12.8. The largest absolute Gasteiger partial charge is 0.411 e. The normalized spacial score (nSPS) is 25.6. The Labute approximate surface area is 88.2 Å². The van der Waals surface area contributed by atoms with Crippen LogP contribution in [0.1, 0.15) is 26.2 Å². The first-order valence-electron chi connectivity index (χ1n) is 5.41. The maximum Gasteiger partial charge on any atom is 0.411 e. The monoisotopic (exact) mass is 225 g/mol. The summed E-state index contributed by atoms with van der Waals surface area (Å²) in [5.74, 6) is 0.779. The topological polar surface area (TPSA) is 21.3 Å². The fourth-order valence-electron chi connectivity index (χ4n) is 1.60. The highest BCUT2D eigenvalue weighted by molar-refractivity contribution is 4.91. The Bertz CT molecular complexity index is 184. The molecule has 0 aromatic heterocycles. The van der Waals surface area contributed by atoms with Crippen LogP contribution in [0.3, 0.4) is 0 Å². The molecule has 0 saturated heterocycles. The molecular weight excluding hydrogens is 207 g/mol. The van der Waals surface area contributed by atoms with E-state index < -0.39 is 12.8 Å². The Kier molecular flexibility index (Phi) is 4.86. The number of alkyl halides is 3. The second-order valence-electron chi connectivity index (χ2n) is 3.99. The van der Waals surface area contributed by atoms with Gasteiger partial charge in [0.15, 0.2) is 0 Å². The molecule has 0 bridgehead atoms. The van der Waals surface area contributed by atoms with Crippen molar-refractivity contribution in [2.75, 3.05) is 19.8 Å². The second kappa shape index (κ2) is 5.70. The van der Waals surface area contributed by atoms with E-state index in [0.29, 0.717) is 12.5 Å². The molecule has 0 aromatic rings. The van der Waals surface area contributed by atoms with E-state index in [1.807, 2.05) is 0 Å². The molecule has 90 valence electrons. The molecule has 0 radical (unpaired) electrons. The predicted molar refractivity (Wildman–Crippen MR) is 51.7 cm³/mol. The molecule has 0 amide bonds. The van der Waals surface area contributed by atoms with E-state index in [1.54, 1.807) is 0 Å². The van der Waals surface area contributed by atoms with Crippen molar-refractivity contribution in [2.24, 2.45) is 5.92 Å². The molecule has 0 aromatic carbocycles. The van der Waals surface area contributed by atoms with E-state index in [2.05, 4.69) is 17.0 Å². The van der Waals surface area contributed by atoms with Crippen LogP contribution in [-0.4, -0.2) is 32.0 Å². The van der Waals surface area contributed by atoms with Gasteiger partial charge in [0.25, 0.3) is 0 Å². The van der Waals surface area contributed by atoms with Crippen molar-refractivity contribution in [1.82, 2.24) is 5.32 Å². The minimum absolute atomic E-state index is 0.177. The Morgan fingerprint density at radius 1 is 1.40 bits per heavy atom. The molecule has 2 unspecified atom stereocenters. The summed E-state index contributed by atoms with van der Waals surface area (Å²) in [6, 6.07) is 0.595. The molecule has 15 heavy (non-hydrogen) atoms. The minimum atomic E-state index is -4.20. The van der Waals surface area contributed by atoms with Crippen molar-refractivity contribution in [3.05, 3.63) is 0 Å². The second-order valence-corrected chi connectivity index (χ2v) is 3.99. The van der Waals surface area contributed by atoms with Crippen LogP contribution in [0, 0.1) is 5.92 Å². The van der Waals surface area contributed by atoms with Gasteiger partial charge in [-0.15, -0.1) is 0 Å². The van der Waals surface area contributed by atoms with E-state index >= 15 is 0 Å². The van der Waals surface area contributed by atoms with Gasteiger partial charge in [-0.3, -0.25) is 0 Å². The van der Waals surface area contributed by atoms with Gasteiger partial charge in [-0.25, -0.2) is 0 Å². The fraction of sp³-hybridized carbons (Fsp3) is 1.00. The molecule has 1 aliphatic rings. The molecular formula is C10H18F3NO. The number of rotatable bonds is 7. The highest BCUT2D eigenvalue weighted by Gasteiger charge is 2.34. The number of nitrogens with one attached hydrogen (secondary N) is 1. The third-order valence-electron chi connectivity index (χ3n) is 2.58. The molecule has 5 heteroatoms. The van der Waals surface area contributed by atoms with E-state index in [9.17, 15) is 13.2 Å². The van der Waals surface area contributed by atoms with E-state index in [1.165, 1.54) is 12.8 Å². The van der Waals surface area contributed by atoms with Crippen LogP contribution >= 0.6 is 0 Å². The van der Waals surface area contributed by atoms with Crippen LogP contribution in [-0.2, 0) is 4.74 Å². The van der Waals surface area contributed by atoms with Crippen LogP contribution in [0.2, 0.25) is 0 Å². The van der Waals surface area contributed by atoms with Crippen LogP contribution < -0.4 is 5.32 Å². The average Bonchev–Trinajstić information content (AvgIpc) is 2.88. The van der Waals surface area contributed by atoms with E-state index in [4.69, 9.17) is 0 Å². The fourth-order valence-corrected chi connectivity index (χ4v) is 1.60. The third kappa shape index (κ3) is 5.99. The maximum atomic E-state index is 11.7. The van der Waals surface area contributed by atoms with Crippen LogP contribution in [0.25, 0.3) is 0 Å². The lowest BCUT2D eigenvalue weighted by molar-refractivity contribution is -0.173. The van der Waals surface area contributed by atoms with Crippen LogP contribution in [0.15, 0.2) is 0 Å². The van der Waals surface area contributed by atoms with Crippen LogP contribution in [0.5, 0.6) is 0 Å². The van der Waals surface area contributed by atoms with Gasteiger partial charge in [0.2, 0.25) is 0 Å². The zero-order chi connectivity index (χ0) is 11.3. The first-order valence-corrected chi connectivity index (χ1v) is 5.41. The van der Waals surface area contributed by atoms with Crippen molar-refractivity contribution in [3.63, 3.8) is 0 Å². The summed E-state index contributed by atoms with van der Waals surface area (Å²) in [4.78, 5) is 0. The minimum Gasteiger partial charge on any atom is -0.372 e. The van der Waals surface area contributed by atoms with Gasteiger partial charge in [0.05, 0.1) is 0 Å². The van der Waals surface area contributed by atoms with Gasteiger partial charge in [-0.1, -0.05) is 13.3 Å². The lowest BCUT2D eigenvalue weighted by Crippen LogP contribution is -2.22.